The second-order valence-corrected chi connectivity index (χ2v) is 7.47. The number of aryl methyl sites for hydroxylation is 2. The summed E-state index contributed by atoms with van der Waals surface area (Å²) in [5.41, 5.74) is 1.29. The van der Waals surface area contributed by atoms with Crippen LogP contribution in [0.1, 0.15) is 17.4 Å². The maximum absolute atomic E-state index is 12.9. The molecule has 1 saturated heterocycles. The smallest absolute Gasteiger partial charge is 0.262 e. The lowest BCUT2D eigenvalue weighted by Gasteiger charge is -2.37. The van der Waals surface area contributed by atoms with Crippen molar-refractivity contribution < 1.29 is 0 Å². The van der Waals surface area contributed by atoms with Gasteiger partial charge in [0.1, 0.15) is 4.83 Å². The highest BCUT2D eigenvalue weighted by Gasteiger charge is 2.23. The van der Waals surface area contributed by atoms with Crippen molar-refractivity contribution in [3.8, 4) is 0 Å². The number of hydrogen-bond donors (Lipinski definition) is 0. The average molecular weight is 320 g/mol. The normalized spacial score (nSPS) is 20.8. The summed E-state index contributed by atoms with van der Waals surface area (Å²) in [6, 6.07) is 0.362. The molecule has 1 atom stereocenters. The van der Waals surface area contributed by atoms with Gasteiger partial charge in [-0.25, -0.2) is 4.98 Å². The molecule has 1 fully saturated rings. The number of fused-ring (bicyclic) bond motifs is 1. The molecule has 0 saturated carbocycles. The third-order valence-electron chi connectivity index (χ3n) is 4.72. The highest BCUT2D eigenvalue weighted by atomic mass is 32.1. The lowest BCUT2D eigenvalue weighted by Crippen LogP contribution is -2.52. The van der Waals surface area contributed by atoms with Gasteiger partial charge in [-0.2, -0.15) is 0 Å². The Labute approximate surface area is 135 Å². The lowest BCUT2D eigenvalue weighted by molar-refractivity contribution is 0.102. The molecule has 0 spiro atoms. The second-order valence-electron chi connectivity index (χ2n) is 6.27. The van der Waals surface area contributed by atoms with E-state index < -0.39 is 0 Å². The van der Waals surface area contributed by atoms with Gasteiger partial charge in [0.15, 0.2) is 0 Å². The van der Waals surface area contributed by atoms with Crippen molar-refractivity contribution >= 4 is 21.6 Å². The molecular weight excluding hydrogens is 296 g/mol. The molecule has 0 N–H and O–H groups in total. The maximum atomic E-state index is 12.9. The summed E-state index contributed by atoms with van der Waals surface area (Å²) in [6.07, 6.45) is 2.61. The van der Waals surface area contributed by atoms with Gasteiger partial charge in [0, 0.05) is 37.1 Å². The molecule has 5 nitrogen and oxygen atoms in total. The van der Waals surface area contributed by atoms with Crippen LogP contribution in [-0.2, 0) is 13.0 Å². The summed E-state index contributed by atoms with van der Waals surface area (Å²) in [6.45, 7) is 8.02. The summed E-state index contributed by atoms with van der Waals surface area (Å²) in [5, 5.41) is 0.833. The molecule has 120 valence electrons. The molecule has 0 radical (unpaired) electrons. The van der Waals surface area contributed by atoms with E-state index in [4.69, 9.17) is 0 Å². The van der Waals surface area contributed by atoms with Crippen molar-refractivity contribution in [3.63, 3.8) is 0 Å². The zero-order valence-electron chi connectivity index (χ0n) is 13.8. The van der Waals surface area contributed by atoms with E-state index in [1.54, 1.807) is 22.2 Å². The maximum Gasteiger partial charge on any atom is 0.262 e. The van der Waals surface area contributed by atoms with Gasteiger partial charge in [-0.15, -0.1) is 11.3 Å². The van der Waals surface area contributed by atoms with Crippen molar-refractivity contribution in [1.82, 2.24) is 19.4 Å². The summed E-state index contributed by atoms with van der Waals surface area (Å²) < 4.78 is 1.80. The number of piperazine rings is 1. The van der Waals surface area contributed by atoms with E-state index in [1.807, 2.05) is 0 Å². The fourth-order valence-electron chi connectivity index (χ4n) is 3.27. The first-order valence-electron chi connectivity index (χ1n) is 7.87. The van der Waals surface area contributed by atoms with Gasteiger partial charge in [-0.1, -0.05) is 6.92 Å². The van der Waals surface area contributed by atoms with Gasteiger partial charge >= 0.3 is 0 Å². The Morgan fingerprint density at radius 2 is 2.14 bits per heavy atom. The molecule has 3 rings (SSSR count). The van der Waals surface area contributed by atoms with Crippen LogP contribution in [0.3, 0.4) is 0 Å². The molecule has 3 heterocycles. The third kappa shape index (κ3) is 2.71. The van der Waals surface area contributed by atoms with Crippen molar-refractivity contribution in [2.45, 2.75) is 32.9 Å². The van der Waals surface area contributed by atoms with Crippen molar-refractivity contribution in [2.75, 3.05) is 33.7 Å². The molecule has 1 aliphatic heterocycles. The quantitative estimate of drug-likeness (QED) is 0.861. The largest absolute Gasteiger partial charge is 0.303 e. The monoisotopic (exact) mass is 320 g/mol. The van der Waals surface area contributed by atoms with Crippen LogP contribution in [0.15, 0.2) is 11.1 Å². The Morgan fingerprint density at radius 3 is 2.86 bits per heavy atom. The van der Waals surface area contributed by atoms with Gasteiger partial charge in [0.05, 0.1) is 11.7 Å². The molecule has 22 heavy (non-hydrogen) atoms. The molecule has 1 aliphatic rings. The Bertz CT molecular complexity index is 736. The van der Waals surface area contributed by atoms with Crippen molar-refractivity contribution in [3.05, 3.63) is 27.1 Å². The SMILES string of the molecule is CCc1c(C)sc2ncn(C[C@H]3CN(C)CCN3C)c(=O)c12. The molecule has 0 unspecified atom stereocenters. The molecule has 2 aromatic rings. The molecule has 0 bridgehead atoms. The zero-order valence-corrected chi connectivity index (χ0v) is 14.6. The summed E-state index contributed by atoms with van der Waals surface area (Å²) in [7, 11) is 4.28. The Balaban J connectivity index is 1.97. The van der Waals surface area contributed by atoms with E-state index >= 15 is 0 Å². The first kappa shape index (κ1) is 15.6. The van der Waals surface area contributed by atoms with Crippen LogP contribution < -0.4 is 5.56 Å². The highest BCUT2D eigenvalue weighted by molar-refractivity contribution is 7.18. The number of rotatable bonds is 3. The van der Waals surface area contributed by atoms with E-state index in [0.717, 1.165) is 36.3 Å². The van der Waals surface area contributed by atoms with Crippen LogP contribution in [0, 0.1) is 6.92 Å². The van der Waals surface area contributed by atoms with Crippen molar-refractivity contribution in [2.24, 2.45) is 0 Å². The predicted molar refractivity (Wildman–Crippen MR) is 91.9 cm³/mol. The fraction of sp³-hybridized carbons (Fsp3) is 0.625. The minimum atomic E-state index is 0.118. The number of aromatic nitrogens is 2. The number of thiophene rings is 1. The van der Waals surface area contributed by atoms with Gasteiger partial charge in [-0.3, -0.25) is 14.3 Å². The Morgan fingerprint density at radius 1 is 1.36 bits per heavy atom. The molecule has 6 heteroatoms. The summed E-state index contributed by atoms with van der Waals surface area (Å²) in [5.74, 6) is 0. The number of nitrogens with zero attached hydrogens (tertiary/aromatic N) is 4. The van der Waals surface area contributed by atoms with Crippen LogP contribution in [0.5, 0.6) is 0 Å². The van der Waals surface area contributed by atoms with E-state index in [9.17, 15) is 4.79 Å². The average Bonchev–Trinajstić information content (AvgIpc) is 2.82. The van der Waals surface area contributed by atoms with E-state index in [0.29, 0.717) is 12.6 Å². The molecule has 0 aromatic carbocycles. The molecule has 0 aliphatic carbocycles. The van der Waals surface area contributed by atoms with Gasteiger partial charge in [0.2, 0.25) is 0 Å². The van der Waals surface area contributed by atoms with Crippen LogP contribution in [-0.4, -0.2) is 59.1 Å². The standard InChI is InChI=1S/C16H24N4OS/c1-5-13-11(2)22-15-14(13)16(21)20(10-17-15)9-12-8-18(3)6-7-19(12)4/h10,12H,5-9H2,1-4H3/t12-/m1/s1. The van der Waals surface area contributed by atoms with Gasteiger partial charge in [0.25, 0.3) is 5.56 Å². The predicted octanol–water partition coefficient (Wildman–Crippen LogP) is 1.57. The Hall–Kier alpha value is -1.24. The minimum Gasteiger partial charge on any atom is -0.303 e. The summed E-state index contributed by atoms with van der Waals surface area (Å²) in [4.78, 5) is 24.2. The third-order valence-corrected chi connectivity index (χ3v) is 5.78. The fourth-order valence-corrected chi connectivity index (χ4v) is 4.35. The van der Waals surface area contributed by atoms with Crippen LogP contribution in [0.2, 0.25) is 0 Å². The molecule has 0 amide bonds. The van der Waals surface area contributed by atoms with Gasteiger partial charge < -0.3 is 4.90 Å². The highest BCUT2D eigenvalue weighted by Crippen LogP contribution is 2.26. The number of likely N-dealkylation sites (N-methyl/N-ethyl adjacent to an activating group) is 2. The van der Waals surface area contributed by atoms with E-state index in [1.165, 1.54) is 10.4 Å². The van der Waals surface area contributed by atoms with Crippen LogP contribution in [0.25, 0.3) is 10.2 Å². The molecular formula is C16H24N4OS. The first-order chi connectivity index (χ1) is 10.5. The number of hydrogen-bond acceptors (Lipinski definition) is 5. The van der Waals surface area contributed by atoms with E-state index in [2.05, 4.69) is 42.7 Å². The van der Waals surface area contributed by atoms with Crippen molar-refractivity contribution in [1.29, 1.82) is 0 Å². The Kier molecular flexibility index (Phi) is 4.34. The minimum absolute atomic E-state index is 0.118. The van der Waals surface area contributed by atoms with Crippen LogP contribution in [0.4, 0.5) is 0 Å². The lowest BCUT2D eigenvalue weighted by atomic mass is 10.1. The van der Waals surface area contributed by atoms with Gasteiger partial charge in [-0.05, 0) is 33.0 Å². The second kappa shape index (κ2) is 6.10. The zero-order chi connectivity index (χ0) is 15.9. The topological polar surface area (TPSA) is 41.4 Å². The van der Waals surface area contributed by atoms with E-state index in [-0.39, 0.29) is 5.56 Å². The summed E-state index contributed by atoms with van der Waals surface area (Å²) >= 11 is 1.63. The van der Waals surface area contributed by atoms with Crippen LogP contribution >= 0.6 is 11.3 Å². The first-order valence-corrected chi connectivity index (χ1v) is 8.69. The molecule has 2 aromatic heterocycles.